The second kappa shape index (κ2) is 8.88. The summed E-state index contributed by atoms with van der Waals surface area (Å²) in [6.07, 6.45) is 1.37. The van der Waals surface area contributed by atoms with Crippen LogP contribution in [0.15, 0.2) is 72.8 Å². The molecule has 3 aromatic carbocycles. The summed E-state index contributed by atoms with van der Waals surface area (Å²) in [7, 11) is 0. The van der Waals surface area contributed by atoms with Gasteiger partial charge in [0.1, 0.15) is 0 Å². The fraction of sp³-hybridized carbons (Fsp3) is 0.208. The predicted molar refractivity (Wildman–Crippen MR) is 122 cm³/mol. The van der Waals surface area contributed by atoms with Crippen molar-refractivity contribution < 1.29 is 9.90 Å². The molecule has 6 heteroatoms. The molecule has 1 fully saturated rings. The van der Waals surface area contributed by atoms with Crippen LogP contribution in [0.3, 0.4) is 0 Å². The first-order valence-corrected chi connectivity index (χ1v) is 10.1. The highest BCUT2D eigenvalue weighted by Crippen LogP contribution is 2.22. The van der Waals surface area contributed by atoms with E-state index >= 15 is 0 Å². The Morgan fingerprint density at radius 2 is 1.37 bits per heavy atom. The first-order valence-electron chi connectivity index (χ1n) is 10.1. The number of piperidine rings is 1. The van der Waals surface area contributed by atoms with Crippen molar-refractivity contribution in [2.24, 2.45) is 0 Å². The minimum absolute atomic E-state index is 0.144. The van der Waals surface area contributed by atoms with Gasteiger partial charge >= 0.3 is 0 Å². The van der Waals surface area contributed by atoms with Crippen LogP contribution in [0.2, 0.25) is 0 Å². The second-order valence-corrected chi connectivity index (χ2v) is 7.54. The van der Waals surface area contributed by atoms with Gasteiger partial charge in [0, 0.05) is 47.1 Å². The van der Waals surface area contributed by atoms with E-state index < -0.39 is 0 Å². The highest BCUT2D eigenvalue weighted by molar-refractivity contribution is 6.04. The van der Waals surface area contributed by atoms with Crippen LogP contribution < -0.4 is 21.3 Å². The summed E-state index contributed by atoms with van der Waals surface area (Å²) in [5.41, 5.74) is 10.7. The summed E-state index contributed by atoms with van der Waals surface area (Å²) < 4.78 is 0. The van der Waals surface area contributed by atoms with Crippen LogP contribution in [0.25, 0.3) is 0 Å². The van der Waals surface area contributed by atoms with Crippen molar-refractivity contribution in [3.8, 4) is 0 Å². The molecule has 1 amide bonds. The number of carbonyl (C=O) groups is 1. The Morgan fingerprint density at radius 1 is 0.833 bits per heavy atom. The molecule has 0 bridgehead atoms. The van der Waals surface area contributed by atoms with Gasteiger partial charge in [-0.1, -0.05) is 0 Å². The molecular weight excluding hydrogens is 376 g/mol. The lowest BCUT2D eigenvalue weighted by atomic mass is 10.1. The van der Waals surface area contributed by atoms with Crippen LogP contribution in [0, 0.1) is 0 Å². The predicted octanol–water partition coefficient (Wildman–Crippen LogP) is 4.23. The minimum atomic E-state index is -0.195. The zero-order chi connectivity index (χ0) is 20.9. The zero-order valence-corrected chi connectivity index (χ0v) is 16.7. The summed E-state index contributed by atoms with van der Waals surface area (Å²) in [6.45, 7) is 1.67. The molecule has 0 spiro atoms. The summed E-state index contributed by atoms with van der Waals surface area (Å²) in [6, 6.07) is 22.7. The minimum Gasteiger partial charge on any atom is -0.399 e. The van der Waals surface area contributed by atoms with Crippen LogP contribution in [-0.4, -0.2) is 30.2 Å². The van der Waals surface area contributed by atoms with Gasteiger partial charge in [-0.3, -0.25) is 4.79 Å². The number of carbonyl (C=O) groups excluding carboxylic acids is 1. The van der Waals surface area contributed by atoms with Crippen LogP contribution in [0.4, 0.5) is 28.4 Å². The average molecular weight is 402 g/mol. The topological polar surface area (TPSA) is 90.6 Å². The van der Waals surface area contributed by atoms with Gasteiger partial charge < -0.3 is 26.4 Å². The molecule has 0 aromatic heterocycles. The SMILES string of the molecule is Nc1ccc(Nc2ccc(NC(=O)c3ccc(N4CCC(O)CC4)cc3)cc2)cc1. The van der Waals surface area contributed by atoms with E-state index in [4.69, 9.17) is 5.73 Å². The normalized spacial score (nSPS) is 14.4. The third kappa shape index (κ3) is 4.90. The van der Waals surface area contributed by atoms with Gasteiger partial charge in [-0.15, -0.1) is 0 Å². The van der Waals surface area contributed by atoms with E-state index in [1.165, 1.54) is 0 Å². The van der Waals surface area contributed by atoms with E-state index in [9.17, 15) is 9.90 Å². The Hall–Kier alpha value is -3.51. The second-order valence-electron chi connectivity index (χ2n) is 7.54. The third-order valence-electron chi connectivity index (χ3n) is 5.30. The Kier molecular flexibility index (Phi) is 5.86. The highest BCUT2D eigenvalue weighted by atomic mass is 16.3. The van der Waals surface area contributed by atoms with E-state index in [-0.39, 0.29) is 12.0 Å². The maximum Gasteiger partial charge on any atom is 0.255 e. The number of hydrogen-bond acceptors (Lipinski definition) is 5. The summed E-state index contributed by atoms with van der Waals surface area (Å²) in [4.78, 5) is 14.8. The molecule has 1 aliphatic heterocycles. The number of benzene rings is 3. The number of aliphatic hydroxyl groups is 1. The molecule has 5 N–H and O–H groups in total. The standard InChI is InChI=1S/C24H26N4O2/c25-18-3-5-19(6-4-18)26-20-7-9-21(10-8-20)27-24(30)17-1-11-22(12-2-17)28-15-13-23(29)14-16-28/h1-12,23,26,29H,13-16,25H2,(H,27,30). The van der Waals surface area contributed by atoms with Gasteiger partial charge in [-0.2, -0.15) is 0 Å². The van der Waals surface area contributed by atoms with Gasteiger partial charge in [0.2, 0.25) is 0 Å². The Bertz CT molecular complexity index is 977. The fourth-order valence-electron chi connectivity index (χ4n) is 3.52. The summed E-state index contributed by atoms with van der Waals surface area (Å²) in [5.74, 6) is -0.144. The number of nitrogen functional groups attached to an aromatic ring is 1. The summed E-state index contributed by atoms with van der Waals surface area (Å²) in [5, 5.41) is 15.9. The lowest BCUT2D eigenvalue weighted by Gasteiger charge is -2.31. The molecule has 1 heterocycles. The molecule has 3 aromatic rings. The van der Waals surface area contributed by atoms with Crippen molar-refractivity contribution in [2.45, 2.75) is 18.9 Å². The number of anilines is 5. The first kappa shape index (κ1) is 19.8. The lowest BCUT2D eigenvalue weighted by molar-refractivity contribution is 0.102. The van der Waals surface area contributed by atoms with E-state index in [0.717, 1.165) is 54.4 Å². The van der Waals surface area contributed by atoms with Gasteiger partial charge in [-0.25, -0.2) is 0 Å². The largest absolute Gasteiger partial charge is 0.399 e. The number of nitrogens with two attached hydrogens (primary N) is 1. The first-order chi connectivity index (χ1) is 14.6. The maximum atomic E-state index is 12.6. The zero-order valence-electron chi connectivity index (χ0n) is 16.7. The highest BCUT2D eigenvalue weighted by Gasteiger charge is 2.17. The quantitative estimate of drug-likeness (QED) is 0.480. The molecule has 1 aliphatic rings. The Balaban J connectivity index is 1.34. The van der Waals surface area contributed by atoms with Crippen LogP contribution in [0.5, 0.6) is 0 Å². The number of nitrogens with zero attached hydrogens (tertiary/aromatic N) is 1. The van der Waals surface area contributed by atoms with Crippen LogP contribution >= 0.6 is 0 Å². The molecule has 0 unspecified atom stereocenters. The molecule has 0 saturated carbocycles. The molecule has 1 saturated heterocycles. The van der Waals surface area contributed by atoms with Gasteiger partial charge in [0.15, 0.2) is 0 Å². The molecule has 0 atom stereocenters. The van der Waals surface area contributed by atoms with E-state index in [1.54, 1.807) is 0 Å². The summed E-state index contributed by atoms with van der Waals surface area (Å²) >= 11 is 0. The Morgan fingerprint density at radius 3 is 1.97 bits per heavy atom. The smallest absolute Gasteiger partial charge is 0.255 e. The van der Waals surface area contributed by atoms with E-state index in [1.807, 2.05) is 72.8 Å². The van der Waals surface area contributed by atoms with Crippen LogP contribution in [-0.2, 0) is 0 Å². The monoisotopic (exact) mass is 402 g/mol. The molecule has 4 rings (SSSR count). The Labute approximate surface area is 176 Å². The maximum absolute atomic E-state index is 12.6. The number of aliphatic hydroxyl groups excluding tert-OH is 1. The molecular formula is C24H26N4O2. The van der Waals surface area contributed by atoms with Crippen molar-refractivity contribution in [1.29, 1.82) is 0 Å². The molecule has 0 aliphatic carbocycles. The van der Waals surface area contributed by atoms with E-state index in [2.05, 4.69) is 15.5 Å². The van der Waals surface area contributed by atoms with Crippen molar-refractivity contribution in [3.05, 3.63) is 78.4 Å². The number of amides is 1. The van der Waals surface area contributed by atoms with Crippen molar-refractivity contribution >= 4 is 34.3 Å². The van der Waals surface area contributed by atoms with Crippen molar-refractivity contribution in [2.75, 3.05) is 34.4 Å². The van der Waals surface area contributed by atoms with Gasteiger partial charge in [0.05, 0.1) is 6.10 Å². The van der Waals surface area contributed by atoms with Crippen molar-refractivity contribution in [3.63, 3.8) is 0 Å². The van der Waals surface area contributed by atoms with E-state index in [0.29, 0.717) is 5.56 Å². The van der Waals surface area contributed by atoms with Gasteiger partial charge in [0.25, 0.3) is 5.91 Å². The molecule has 30 heavy (non-hydrogen) atoms. The van der Waals surface area contributed by atoms with Crippen LogP contribution in [0.1, 0.15) is 23.2 Å². The number of rotatable bonds is 5. The number of nitrogens with one attached hydrogen (secondary N) is 2. The van der Waals surface area contributed by atoms with Crippen molar-refractivity contribution in [1.82, 2.24) is 0 Å². The van der Waals surface area contributed by atoms with Gasteiger partial charge in [-0.05, 0) is 85.6 Å². The fourth-order valence-corrected chi connectivity index (χ4v) is 3.52. The number of hydrogen-bond donors (Lipinski definition) is 4. The lowest BCUT2D eigenvalue weighted by Crippen LogP contribution is -2.35. The molecule has 6 nitrogen and oxygen atoms in total. The average Bonchev–Trinajstić information content (AvgIpc) is 2.77. The molecule has 154 valence electrons. The third-order valence-corrected chi connectivity index (χ3v) is 5.30. The molecule has 0 radical (unpaired) electrons.